The molecule has 0 aromatic heterocycles. The van der Waals surface area contributed by atoms with Crippen molar-refractivity contribution in [3.63, 3.8) is 0 Å². The minimum Gasteiger partial charge on any atom is -0.490 e. The Hall–Kier alpha value is -1.75. The Morgan fingerprint density at radius 3 is 2.85 bits per heavy atom. The van der Waals surface area contributed by atoms with Crippen LogP contribution in [0.2, 0.25) is 0 Å². The Bertz CT molecular complexity index is 532. The van der Waals surface area contributed by atoms with Crippen molar-refractivity contribution in [3.8, 4) is 11.5 Å². The van der Waals surface area contributed by atoms with Crippen LogP contribution in [0, 0.1) is 5.92 Å². The topological polar surface area (TPSA) is 73.6 Å². The first-order chi connectivity index (χ1) is 9.61. The minimum atomic E-state index is -0.295. The number of nitrogens with two attached hydrogens (primary N) is 1. The molecule has 1 saturated heterocycles. The van der Waals surface area contributed by atoms with Gasteiger partial charge in [-0.2, -0.15) is 0 Å². The average molecular weight is 276 g/mol. The molecule has 0 bridgehead atoms. The highest BCUT2D eigenvalue weighted by Crippen LogP contribution is 2.40. The molecular weight excluding hydrogens is 256 g/mol. The second kappa shape index (κ2) is 4.98. The van der Waals surface area contributed by atoms with E-state index in [0.29, 0.717) is 19.8 Å². The molecule has 1 aromatic rings. The summed E-state index contributed by atoms with van der Waals surface area (Å²) in [5, 5.41) is 3.26. The quantitative estimate of drug-likeness (QED) is 0.838. The lowest BCUT2D eigenvalue weighted by Gasteiger charge is -2.29. The van der Waals surface area contributed by atoms with Gasteiger partial charge in [0.25, 0.3) is 0 Å². The van der Waals surface area contributed by atoms with Gasteiger partial charge in [-0.15, -0.1) is 0 Å². The van der Waals surface area contributed by atoms with Gasteiger partial charge in [0.2, 0.25) is 5.91 Å². The molecule has 2 atom stereocenters. The number of amides is 1. The van der Waals surface area contributed by atoms with Gasteiger partial charge in [-0.05, 0) is 17.7 Å². The van der Waals surface area contributed by atoms with Crippen molar-refractivity contribution in [2.75, 3.05) is 26.3 Å². The predicted octanol–water partition coefficient (Wildman–Crippen LogP) is 0.810. The van der Waals surface area contributed by atoms with E-state index in [1.54, 1.807) is 0 Å². The molecule has 2 aliphatic heterocycles. The van der Waals surface area contributed by atoms with Crippen LogP contribution in [0.25, 0.3) is 0 Å². The van der Waals surface area contributed by atoms with E-state index in [1.165, 1.54) is 0 Å². The Morgan fingerprint density at radius 1 is 1.35 bits per heavy atom. The van der Waals surface area contributed by atoms with Gasteiger partial charge in [0.05, 0.1) is 19.1 Å². The van der Waals surface area contributed by atoms with Crippen LogP contribution < -0.4 is 20.5 Å². The molecular formula is C15H20N2O3. The summed E-state index contributed by atoms with van der Waals surface area (Å²) in [5.74, 6) is 1.07. The van der Waals surface area contributed by atoms with E-state index in [1.807, 2.05) is 18.2 Å². The van der Waals surface area contributed by atoms with Gasteiger partial charge < -0.3 is 20.5 Å². The third-order valence-corrected chi connectivity index (χ3v) is 4.36. The number of carbonyl (C=O) groups excluding carboxylic acids is 1. The molecule has 2 aliphatic rings. The van der Waals surface area contributed by atoms with Crippen LogP contribution in [-0.2, 0) is 10.2 Å². The normalized spacial score (nSPS) is 28.9. The van der Waals surface area contributed by atoms with Crippen molar-refractivity contribution in [1.29, 1.82) is 0 Å². The van der Waals surface area contributed by atoms with Crippen LogP contribution in [-0.4, -0.2) is 32.2 Å². The maximum atomic E-state index is 11.7. The van der Waals surface area contributed by atoms with Gasteiger partial charge in [0, 0.05) is 24.9 Å². The molecule has 2 heterocycles. The van der Waals surface area contributed by atoms with E-state index in [2.05, 4.69) is 12.2 Å². The van der Waals surface area contributed by atoms with E-state index >= 15 is 0 Å². The molecule has 5 nitrogen and oxygen atoms in total. The van der Waals surface area contributed by atoms with Gasteiger partial charge in [0.15, 0.2) is 11.5 Å². The van der Waals surface area contributed by atoms with Crippen LogP contribution >= 0.6 is 0 Å². The molecule has 5 heteroatoms. The largest absolute Gasteiger partial charge is 0.490 e. The summed E-state index contributed by atoms with van der Waals surface area (Å²) in [6.07, 6.45) is 0.882. The third kappa shape index (κ3) is 2.12. The van der Waals surface area contributed by atoms with Gasteiger partial charge >= 0.3 is 0 Å². The summed E-state index contributed by atoms with van der Waals surface area (Å²) in [7, 11) is 0. The highest BCUT2D eigenvalue weighted by molar-refractivity contribution is 5.79. The zero-order valence-corrected chi connectivity index (χ0v) is 11.6. The Morgan fingerprint density at radius 2 is 2.10 bits per heavy atom. The van der Waals surface area contributed by atoms with Crippen molar-refractivity contribution in [3.05, 3.63) is 23.8 Å². The molecule has 0 aliphatic carbocycles. The molecule has 2 unspecified atom stereocenters. The van der Waals surface area contributed by atoms with Crippen LogP contribution in [0.4, 0.5) is 0 Å². The second-order valence-corrected chi connectivity index (χ2v) is 5.72. The lowest BCUT2D eigenvalue weighted by molar-refractivity contribution is -0.122. The van der Waals surface area contributed by atoms with E-state index in [9.17, 15) is 4.79 Å². The number of hydrogen-bond acceptors (Lipinski definition) is 4. The fourth-order valence-corrected chi connectivity index (χ4v) is 3.06. The Labute approximate surface area is 118 Å². The van der Waals surface area contributed by atoms with Crippen LogP contribution in [0.3, 0.4) is 0 Å². The van der Waals surface area contributed by atoms with E-state index in [-0.39, 0.29) is 17.2 Å². The third-order valence-electron chi connectivity index (χ3n) is 4.36. The zero-order chi connectivity index (χ0) is 14.2. The fraction of sp³-hybridized carbons (Fsp3) is 0.533. The first-order valence-corrected chi connectivity index (χ1v) is 7.01. The van der Waals surface area contributed by atoms with Crippen LogP contribution in [0.5, 0.6) is 11.5 Å². The number of rotatable bonds is 2. The monoisotopic (exact) mass is 276 g/mol. The number of benzene rings is 1. The number of hydrogen-bond donors (Lipinski definition) is 2. The summed E-state index contributed by atoms with van der Waals surface area (Å²) in [5.41, 5.74) is 6.31. The molecule has 3 N–H and O–H groups in total. The van der Waals surface area contributed by atoms with Gasteiger partial charge in [0.1, 0.15) is 0 Å². The number of primary amides is 1. The zero-order valence-electron chi connectivity index (χ0n) is 11.6. The minimum absolute atomic E-state index is 0.202. The molecule has 1 amide bonds. The number of carbonyl (C=O) groups is 1. The lowest BCUT2D eigenvalue weighted by atomic mass is 9.74. The fourth-order valence-electron chi connectivity index (χ4n) is 3.06. The lowest BCUT2D eigenvalue weighted by Crippen LogP contribution is -2.39. The standard InChI is InChI=1S/C15H20N2O3/c1-15(9-17-8-11(15)14(16)18)10-3-4-12-13(7-10)20-6-2-5-19-12/h3-4,7,11,17H,2,5-6,8-9H2,1H3,(H2,16,18). The van der Waals surface area contributed by atoms with E-state index in [0.717, 1.165) is 30.0 Å². The van der Waals surface area contributed by atoms with Crippen molar-refractivity contribution in [2.45, 2.75) is 18.8 Å². The van der Waals surface area contributed by atoms with E-state index in [4.69, 9.17) is 15.2 Å². The van der Waals surface area contributed by atoms with Gasteiger partial charge in [-0.25, -0.2) is 0 Å². The maximum Gasteiger partial charge on any atom is 0.222 e. The Balaban J connectivity index is 1.97. The van der Waals surface area contributed by atoms with Gasteiger partial charge in [-0.3, -0.25) is 4.79 Å². The SMILES string of the molecule is CC1(c2ccc3c(c2)OCCCO3)CNCC1C(N)=O. The molecule has 3 rings (SSSR count). The Kier molecular flexibility index (Phi) is 3.30. The molecule has 0 radical (unpaired) electrons. The summed E-state index contributed by atoms with van der Waals surface area (Å²) in [6.45, 7) is 4.77. The summed E-state index contributed by atoms with van der Waals surface area (Å²) < 4.78 is 11.4. The second-order valence-electron chi connectivity index (χ2n) is 5.72. The maximum absolute atomic E-state index is 11.7. The molecule has 1 fully saturated rings. The first kappa shape index (κ1) is 13.2. The van der Waals surface area contributed by atoms with Crippen LogP contribution in [0.15, 0.2) is 18.2 Å². The molecule has 0 spiro atoms. The first-order valence-electron chi connectivity index (χ1n) is 7.01. The van der Waals surface area contributed by atoms with Gasteiger partial charge in [-0.1, -0.05) is 13.0 Å². The summed E-state index contributed by atoms with van der Waals surface area (Å²) in [6, 6.07) is 5.93. The average Bonchev–Trinajstić information content (AvgIpc) is 2.69. The molecule has 1 aromatic carbocycles. The van der Waals surface area contributed by atoms with E-state index < -0.39 is 0 Å². The summed E-state index contributed by atoms with van der Waals surface area (Å²) in [4.78, 5) is 11.7. The number of nitrogens with one attached hydrogen (secondary N) is 1. The van der Waals surface area contributed by atoms with Crippen molar-refractivity contribution >= 4 is 5.91 Å². The van der Waals surface area contributed by atoms with Crippen molar-refractivity contribution in [2.24, 2.45) is 11.7 Å². The molecule has 20 heavy (non-hydrogen) atoms. The van der Waals surface area contributed by atoms with Crippen LogP contribution in [0.1, 0.15) is 18.9 Å². The smallest absolute Gasteiger partial charge is 0.222 e. The summed E-state index contributed by atoms with van der Waals surface area (Å²) >= 11 is 0. The number of ether oxygens (including phenoxy) is 2. The number of fused-ring (bicyclic) bond motifs is 1. The molecule has 0 saturated carbocycles. The molecule has 108 valence electrons. The van der Waals surface area contributed by atoms with Crippen molar-refractivity contribution in [1.82, 2.24) is 5.32 Å². The highest BCUT2D eigenvalue weighted by atomic mass is 16.5. The highest BCUT2D eigenvalue weighted by Gasteiger charge is 2.43. The predicted molar refractivity (Wildman–Crippen MR) is 75.0 cm³/mol. The van der Waals surface area contributed by atoms with Crippen molar-refractivity contribution < 1.29 is 14.3 Å².